The molecule has 0 aliphatic heterocycles. The molecule has 3 unspecified atom stereocenters. The van der Waals surface area contributed by atoms with Gasteiger partial charge in [0.25, 0.3) is 0 Å². The van der Waals surface area contributed by atoms with Crippen LogP contribution >= 0.6 is 7.60 Å². The monoisotopic (exact) mass is 272 g/mol. The van der Waals surface area contributed by atoms with Crippen LogP contribution in [0, 0.1) is 0 Å². The Bertz CT molecular complexity index is 451. The molecule has 0 aromatic heterocycles. The van der Waals surface area contributed by atoms with Crippen molar-refractivity contribution in [3.05, 3.63) is 30.3 Å². The van der Waals surface area contributed by atoms with Crippen molar-refractivity contribution in [2.75, 3.05) is 0 Å². The lowest BCUT2D eigenvalue weighted by molar-refractivity contribution is -0.0301. The summed E-state index contributed by atoms with van der Waals surface area (Å²) in [4.78, 5) is 9.99. The molecule has 3 nitrogen and oxygen atoms in total. The van der Waals surface area contributed by atoms with Gasteiger partial charge in [-0.1, -0.05) is 31.0 Å². The molecule has 0 bridgehead atoms. The molecule has 18 heavy (non-hydrogen) atoms. The van der Waals surface area contributed by atoms with Crippen molar-refractivity contribution in [1.29, 1.82) is 0 Å². The van der Waals surface area contributed by atoms with Gasteiger partial charge in [0.05, 0.1) is 5.30 Å². The van der Waals surface area contributed by atoms with Crippen molar-refractivity contribution in [3.8, 4) is 0 Å². The highest BCUT2D eigenvalue weighted by Gasteiger charge is 2.43. The smallest absolute Gasteiger partial charge is 0.321 e. The molecule has 1 saturated carbocycles. The SMILES string of the molecule is CC1(OP(=O)(O)c2ccccc2)CCCCC1F. The molecular formula is C13H18FO3P. The Kier molecular flexibility index (Phi) is 3.90. The average Bonchev–Trinajstić information content (AvgIpc) is 2.34. The highest BCUT2D eigenvalue weighted by molar-refractivity contribution is 7.61. The van der Waals surface area contributed by atoms with Crippen LogP contribution in [-0.2, 0) is 9.09 Å². The summed E-state index contributed by atoms with van der Waals surface area (Å²) in [6.07, 6.45) is 1.32. The lowest BCUT2D eigenvalue weighted by Crippen LogP contribution is -2.42. The predicted octanol–water partition coefficient (Wildman–Crippen LogP) is 3.18. The molecule has 1 fully saturated rings. The minimum absolute atomic E-state index is 0.212. The molecule has 0 amide bonds. The van der Waals surface area contributed by atoms with E-state index in [1.807, 2.05) is 0 Å². The molecule has 5 heteroatoms. The molecule has 0 radical (unpaired) electrons. The van der Waals surface area contributed by atoms with Crippen molar-refractivity contribution in [2.24, 2.45) is 0 Å². The Morgan fingerprint density at radius 3 is 2.67 bits per heavy atom. The van der Waals surface area contributed by atoms with Crippen LogP contribution in [0.25, 0.3) is 0 Å². The maximum Gasteiger partial charge on any atom is 0.359 e. The van der Waals surface area contributed by atoms with Crippen LogP contribution in [0.1, 0.15) is 32.6 Å². The number of alkyl halides is 1. The predicted molar refractivity (Wildman–Crippen MR) is 68.8 cm³/mol. The lowest BCUT2D eigenvalue weighted by Gasteiger charge is -2.37. The van der Waals surface area contributed by atoms with E-state index in [2.05, 4.69) is 0 Å². The summed E-state index contributed by atoms with van der Waals surface area (Å²) in [5, 5.41) is 0.212. The van der Waals surface area contributed by atoms with E-state index in [1.54, 1.807) is 25.1 Å². The molecule has 1 N–H and O–H groups in total. The van der Waals surface area contributed by atoms with Crippen LogP contribution in [0.5, 0.6) is 0 Å². The van der Waals surface area contributed by atoms with Gasteiger partial charge in [-0.15, -0.1) is 0 Å². The molecule has 1 aliphatic rings. The van der Waals surface area contributed by atoms with Crippen LogP contribution in [-0.4, -0.2) is 16.7 Å². The molecule has 1 aliphatic carbocycles. The van der Waals surface area contributed by atoms with Gasteiger partial charge in [-0.3, -0.25) is 9.09 Å². The first-order chi connectivity index (χ1) is 8.44. The zero-order chi connectivity index (χ0) is 13.2. The summed E-state index contributed by atoms with van der Waals surface area (Å²) in [5.74, 6) is 0. The topological polar surface area (TPSA) is 46.5 Å². The van der Waals surface area contributed by atoms with Gasteiger partial charge >= 0.3 is 7.60 Å². The minimum Gasteiger partial charge on any atom is -0.321 e. The van der Waals surface area contributed by atoms with Gasteiger partial charge in [-0.2, -0.15) is 0 Å². The number of benzene rings is 1. The van der Waals surface area contributed by atoms with Gasteiger partial charge in [0.15, 0.2) is 0 Å². The van der Waals surface area contributed by atoms with E-state index in [9.17, 15) is 13.8 Å². The number of halogens is 1. The minimum atomic E-state index is -3.96. The largest absolute Gasteiger partial charge is 0.359 e. The van der Waals surface area contributed by atoms with Gasteiger partial charge in [-0.05, 0) is 31.9 Å². The second kappa shape index (κ2) is 5.12. The highest BCUT2D eigenvalue weighted by atomic mass is 31.2. The zero-order valence-electron chi connectivity index (χ0n) is 10.4. The zero-order valence-corrected chi connectivity index (χ0v) is 11.3. The van der Waals surface area contributed by atoms with E-state index >= 15 is 0 Å². The third-order valence-electron chi connectivity index (χ3n) is 3.46. The van der Waals surface area contributed by atoms with Crippen LogP contribution in [0.3, 0.4) is 0 Å². The quantitative estimate of drug-likeness (QED) is 0.859. The first-order valence-electron chi connectivity index (χ1n) is 6.17. The molecule has 0 heterocycles. The molecular weight excluding hydrogens is 254 g/mol. The normalized spacial score (nSPS) is 31.8. The summed E-state index contributed by atoms with van der Waals surface area (Å²) in [7, 11) is -3.96. The molecule has 3 atom stereocenters. The van der Waals surface area contributed by atoms with Crippen LogP contribution in [0.2, 0.25) is 0 Å². The molecule has 1 aromatic rings. The average molecular weight is 272 g/mol. The van der Waals surface area contributed by atoms with E-state index in [4.69, 9.17) is 4.52 Å². The van der Waals surface area contributed by atoms with Gasteiger partial charge in [0.2, 0.25) is 0 Å². The second-order valence-electron chi connectivity index (χ2n) is 4.97. The number of rotatable bonds is 3. The van der Waals surface area contributed by atoms with E-state index in [-0.39, 0.29) is 5.30 Å². The first-order valence-corrected chi connectivity index (χ1v) is 7.75. The van der Waals surface area contributed by atoms with E-state index in [0.717, 1.165) is 12.8 Å². The summed E-state index contributed by atoms with van der Waals surface area (Å²) in [6, 6.07) is 8.14. The Morgan fingerprint density at radius 1 is 1.39 bits per heavy atom. The van der Waals surface area contributed by atoms with Gasteiger partial charge in [-0.25, -0.2) is 4.39 Å². The summed E-state index contributed by atoms with van der Waals surface area (Å²) < 4.78 is 31.4. The van der Waals surface area contributed by atoms with Crippen molar-refractivity contribution in [2.45, 2.75) is 44.4 Å². The Balaban J connectivity index is 2.20. The number of hydrogen-bond donors (Lipinski definition) is 1. The van der Waals surface area contributed by atoms with E-state index in [0.29, 0.717) is 12.8 Å². The maximum atomic E-state index is 13.9. The summed E-state index contributed by atoms with van der Waals surface area (Å²) in [5.41, 5.74) is -1.15. The van der Waals surface area contributed by atoms with Crippen molar-refractivity contribution < 1.29 is 18.4 Å². The first kappa shape index (κ1) is 13.7. The van der Waals surface area contributed by atoms with Crippen molar-refractivity contribution >= 4 is 12.9 Å². The fraction of sp³-hybridized carbons (Fsp3) is 0.538. The van der Waals surface area contributed by atoms with E-state index < -0.39 is 19.4 Å². The van der Waals surface area contributed by atoms with Gasteiger partial charge < -0.3 is 4.89 Å². The van der Waals surface area contributed by atoms with Crippen LogP contribution < -0.4 is 5.30 Å². The van der Waals surface area contributed by atoms with E-state index in [1.165, 1.54) is 12.1 Å². The maximum absolute atomic E-state index is 13.9. The Hall–Kier alpha value is -0.700. The summed E-state index contributed by atoms with van der Waals surface area (Å²) in [6.45, 7) is 1.59. The third-order valence-corrected chi connectivity index (χ3v) is 5.07. The third kappa shape index (κ3) is 2.82. The molecule has 1 aromatic carbocycles. The standard InChI is InChI=1S/C13H18FO3P/c1-13(10-6-5-9-12(13)14)17-18(15,16)11-7-3-2-4-8-11/h2-4,7-8,12H,5-6,9-10H2,1H3,(H,15,16). The summed E-state index contributed by atoms with van der Waals surface area (Å²) >= 11 is 0. The van der Waals surface area contributed by atoms with Crippen LogP contribution in [0.4, 0.5) is 4.39 Å². The highest BCUT2D eigenvalue weighted by Crippen LogP contribution is 2.49. The van der Waals surface area contributed by atoms with Crippen molar-refractivity contribution in [3.63, 3.8) is 0 Å². The fourth-order valence-electron chi connectivity index (χ4n) is 2.32. The second-order valence-corrected chi connectivity index (χ2v) is 6.71. The number of hydrogen-bond acceptors (Lipinski definition) is 2. The molecule has 2 rings (SSSR count). The molecule has 100 valence electrons. The van der Waals surface area contributed by atoms with Crippen molar-refractivity contribution in [1.82, 2.24) is 0 Å². The van der Waals surface area contributed by atoms with Gasteiger partial charge in [0, 0.05) is 0 Å². The Labute approximate surface area is 107 Å². The molecule has 0 saturated heterocycles. The van der Waals surface area contributed by atoms with Crippen LogP contribution in [0.15, 0.2) is 30.3 Å². The van der Waals surface area contributed by atoms with Gasteiger partial charge in [0.1, 0.15) is 11.8 Å². The lowest BCUT2D eigenvalue weighted by atomic mass is 9.85. The Morgan fingerprint density at radius 2 is 2.06 bits per heavy atom. The fourth-order valence-corrected chi connectivity index (χ4v) is 3.74. The molecule has 0 spiro atoms.